The van der Waals surface area contributed by atoms with Gasteiger partial charge in [0.05, 0.1) is 5.69 Å². The van der Waals surface area contributed by atoms with Crippen LogP contribution in [0.15, 0.2) is 30.3 Å². The Bertz CT molecular complexity index is 985. The third-order valence-electron chi connectivity index (χ3n) is 5.15. The maximum atomic E-state index is 12.2. The van der Waals surface area contributed by atoms with Crippen molar-refractivity contribution in [3.63, 3.8) is 0 Å². The van der Waals surface area contributed by atoms with Gasteiger partial charge in [0.1, 0.15) is 6.61 Å². The fourth-order valence-electron chi connectivity index (χ4n) is 3.42. The second-order valence-electron chi connectivity index (χ2n) is 7.57. The average molecular weight is 363 g/mol. The van der Waals surface area contributed by atoms with E-state index in [1.54, 1.807) is 0 Å². The van der Waals surface area contributed by atoms with Gasteiger partial charge in [-0.15, -0.1) is 0 Å². The fourth-order valence-corrected chi connectivity index (χ4v) is 3.42. The van der Waals surface area contributed by atoms with Crippen molar-refractivity contribution in [3.8, 4) is 5.88 Å². The minimum absolute atomic E-state index is 0.0527. The van der Waals surface area contributed by atoms with E-state index in [1.165, 1.54) is 24.0 Å². The largest absolute Gasteiger partial charge is 0.470 e. The number of Topliss-reactive ketones (excluding diaryl/α,β-unsaturated/α-hetero) is 1. The van der Waals surface area contributed by atoms with E-state index in [0.29, 0.717) is 18.2 Å². The van der Waals surface area contributed by atoms with E-state index in [1.807, 2.05) is 17.8 Å². The van der Waals surface area contributed by atoms with Crippen molar-refractivity contribution in [1.82, 2.24) is 14.8 Å². The highest BCUT2D eigenvalue weighted by Crippen LogP contribution is 2.43. The van der Waals surface area contributed by atoms with Crippen LogP contribution >= 0.6 is 0 Å². The van der Waals surface area contributed by atoms with Crippen molar-refractivity contribution in [3.05, 3.63) is 52.7 Å². The molecule has 3 aromatic rings. The second kappa shape index (κ2) is 7.14. The normalized spacial score (nSPS) is 13.9. The van der Waals surface area contributed by atoms with Gasteiger partial charge in [-0.3, -0.25) is 9.48 Å². The maximum Gasteiger partial charge on any atom is 0.215 e. The molecule has 0 aliphatic heterocycles. The lowest BCUT2D eigenvalue weighted by Crippen LogP contribution is -2.13. The van der Waals surface area contributed by atoms with Crippen LogP contribution in [0.5, 0.6) is 5.88 Å². The van der Waals surface area contributed by atoms with Gasteiger partial charge in [0.15, 0.2) is 11.4 Å². The number of pyridine rings is 1. The molecular weight excluding hydrogens is 338 g/mol. The first-order chi connectivity index (χ1) is 13.0. The van der Waals surface area contributed by atoms with E-state index in [0.717, 1.165) is 28.7 Å². The van der Waals surface area contributed by atoms with E-state index in [9.17, 15) is 4.79 Å². The summed E-state index contributed by atoms with van der Waals surface area (Å²) in [5.74, 6) is 1.15. The van der Waals surface area contributed by atoms with Crippen LogP contribution in [-0.2, 0) is 18.3 Å². The highest BCUT2D eigenvalue weighted by atomic mass is 16.5. The number of rotatable bonds is 7. The molecule has 0 radical (unpaired) electrons. The number of hydrogen-bond acceptors (Lipinski definition) is 4. The zero-order valence-electron chi connectivity index (χ0n) is 16.2. The van der Waals surface area contributed by atoms with E-state index in [-0.39, 0.29) is 12.4 Å². The van der Waals surface area contributed by atoms with Crippen molar-refractivity contribution >= 4 is 16.8 Å². The maximum absolute atomic E-state index is 12.2. The molecular formula is C22H25N3O2. The molecule has 2 aromatic heterocycles. The number of ketones is 1. The lowest BCUT2D eigenvalue weighted by atomic mass is 10.1. The van der Waals surface area contributed by atoms with Crippen molar-refractivity contribution in [2.45, 2.75) is 45.4 Å². The summed E-state index contributed by atoms with van der Waals surface area (Å²) in [4.78, 5) is 16.8. The van der Waals surface area contributed by atoms with Crippen LogP contribution in [0.2, 0.25) is 0 Å². The number of ether oxygens (including phenoxy) is 1. The standard InChI is InChI=1S/C22H25N3O2/c1-14-4-6-16(7-5-14)8-11-18(26)13-27-19-12-15(2)20-21(17-9-10-17)24-25(3)22(20)23-19/h4-7,12,17H,8-11,13H2,1-3H3. The molecule has 140 valence electrons. The van der Waals surface area contributed by atoms with E-state index in [2.05, 4.69) is 48.2 Å². The van der Waals surface area contributed by atoms with Gasteiger partial charge < -0.3 is 4.74 Å². The molecule has 0 unspecified atom stereocenters. The third-order valence-corrected chi connectivity index (χ3v) is 5.15. The summed E-state index contributed by atoms with van der Waals surface area (Å²) >= 11 is 0. The molecule has 2 heterocycles. The molecule has 0 N–H and O–H groups in total. The quantitative estimate of drug-likeness (QED) is 0.636. The molecule has 0 amide bonds. The molecule has 5 nitrogen and oxygen atoms in total. The van der Waals surface area contributed by atoms with Crippen LogP contribution in [0, 0.1) is 13.8 Å². The van der Waals surface area contributed by atoms with E-state index < -0.39 is 0 Å². The van der Waals surface area contributed by atoms with Crippen LogP contribution in [0.4, 0.5) is 0 Å². The smallest absolute Gasteiger partial charge is 0.215 e. The number of aryl methyl sites for hydroxylation is 4. The van der Waals surface area contributed by atoms with Crippen LogP contribution in [-0.4, -0.2) is 27.2 Å². The van der Waals surface area contributed by atoms with Gasteiger partial charge in [-0.2, -0.15) is 10.1 Å². The summed E-state index contributed by atoms with van der Waals surface area (Å²) in [6.07, 6.45) is 3.63. The monoisotopic (exact) mass is 363 g/mol. The minimum atomic E-state index is 0.0527. The Morgan fingerprint density at radius 1 is 1.22 bits per heavy atom. The summed E-state index contributed by atoms with van der Waals surface area (Å²) in [6, 6.07) is 10.2. The molecule has 1 saturated carbocycles. The van der Waals surface area contributed by atoms with Crippen molar-refractivity contribution in [2.75, 3.05) is 6.61 Å². The summed E-state index contributed by atoms with van der Waals surface area (Å²) in [5, 5.41) is 5.79. The lowest BCUT2D eigenvalue weighted by molar-refractivity contribution is -0.121. The number of aromatic nitrogens is 3. The van der Waals surface area contributed by atoms with Crippen molar-refractivity contribution in [2.24, 2.45) is 7.05 Å². The van der Waals surface area contributed by atoms with Gasteiger partial charge in [0, 0.05) is 30.8 Å². The highest BCUT2D eigenvalue weighted by molar-refractivity contribution is 5.84. The summed E-state index contributed by atoms with van der Waals surface area (Å²) in [7, 11) is 1.91. The van der Waals surface area contributed by atoms with E-state index in [4.69, 9.17) is 4.74 Å². The lowest BCUT2D eigenvalue weighted by Gasteiger charge is -2.07. The summed E-state index contributed by atoms with van der Waals surface area (Å²) < 4.78 is 7.52. The summed E-state index contributed by atoms with van der Waals surface area (Å²) in [5.41, 5.74) is 5.49. The Morgan fingerprint density at radius 3 is 2.67 bits per heavy atom. The summed E-state index contributed by atoms with van der Waals surface area (Å²) in [6.45, 7) is 4.17. The molecule has 1 aromatic carbocycles. The Hall–Kier alpha value is -2.69. The van der Waals surface area contributed by atoms with Gasteiger partial charge in [0.2, 0.25) is 5.88 Å². The third kappa shape index (κ3) is 3.87. The molecule has 0 saturated heterocycles. The number of hydrogen-bond donors (Lipinski definition) is 0. The first kappa shape index (κ1) is 17.7. The molecule has 0 spiro atoms. The molecule has 5 heteroatoms. The van der Waals surface area contributed by atoms with Crippen molar-refractivity contribution in [1.29, 1.82) is 0 Å². The number of benzene rings is 1. The van der Waals surface area contributed by atoms with Crippen molar-refractivity contribution < 1.29 is 9.53 Å². The molecule has 1 aliphatic rings. The first-order valence-corrected chi connectivity index (χ1v) is 9.55. The molecule has 0 bridgehead atoms. The zero-order valence-corrected chi connectivity index (χ0v) is 16.2. The number of carbonyl (C=O) groups is 1. The molecule has 1 aliphatic carbocycles. The van der Waals surface area contributed by atoms with Crippen LogP contribution in [0.25, 0.3) is 11.0 Å². The molecule has 27 heavy (non-hydrogen) atoms. The van der Waals surface area contributed by atoms with Gasteiger partial charge in [-0.05, 0) is 44.2 Å². The predicted molar refractivity (Wildman–Crippen MR) is 105 cm³/mol. The van der Waals surface area contributed by atoms with Crippen LogP contribution in [0.1, 0.15) is 47.6 Å². The Kier molecular flexibility index (Phi) is 4.68. The van der Waals surface area contributed by atoms with Crippen LogP contribution < -0.4 is 4.74 Å². The number of fused-ring (bicyclic) bond motifs is 1. The Morgan fingerprint density at radius 2 is 1.96 bits per heavy atom. The van der Waals surface area contributed by atoms with Gasteiger partial charge in [-0.25, -0.2) is 0 Å². The van der Waals surface area contributed by atoms with Crippen LogP contribution in [0.3, 0.4) is 0 Å². The van der Waals surface area contributed by atoms with Gasteiger partial charge in [0.25, 0.3) is 0 Å². The first-order valence-electron chi connectivity index (χ1n) is 9.55. The predicted octanol–water partition coefficient (Wildman–Crippen LogP) is 4.04. The SMILES string of the molecule is Cc1ccc(CCC(=O)COc2cc(C)c3c(C4CC4)nn(C)c3n2)cc1. The second-order valence-corrected chi connectivity index (χ2v) is 7.57. The van der Waals surface area contributed by atoms with E-state index >= 15 is 0 Å². The molecule has 1 fully saturated rings. The van der Waals surface area contributed by atoms with Gasteiger partial charge >= 0.3 is 0 Å². The van der Waals surface area contributed by atoms with Gasteiger partial charge in [-0.1, -0.05) is 29.8 Å². The Balaban J connectivity index is 1.40. The minimum Gasteiger partial charge on any atom is -0.470 e. The zero-order chi connectivity index (χ0) is 19.0. The topological polar surface area (TPSA) is 57.0 Å². The molecule has 4 rings (SSSR count). The highest BCUT2D eigenvalue weighted by Gasteiger charge is 2.30. The fraction of sp³-hybridized carbons (Fsp3) is 0.409. The average Bonchev–Trinajstić information content (AvgIpc) is 3.44. The number of nitrogens with zero attached hydrogens (tertiary/aromatic N) is 3. The number of carbonyl (C=O) groups excluding carboxylic acids is 1. The Labute approximate surface area is 159 Å². The molecule has 0 atom stereocenters.